The Bertz CT molecular complexity index is 493. The molecule has 0 saturated heterocycles. The first-order valence-corrected chi connectivity index (χ1v) is 6.34. The second-order valence-corrected chi connectivity index (χ2v) is 5.59. The fourth-order valence-corrected chi connectivity index (χ4v) is 2.46. The minimum atomic E-state index is 0.748. The Balaban J connectivity index is 2.08. The van der Waals surface area contributed by atoms with Gasteiger partial charge in [0.1, 0.15) is 5.82 Å². The van der Waals surface area contributed by atoms with Gasteiger partial charge in [0.2, 0.25) is 0 Å². The van der Waals surface area contributed by atoms with E-state index in [0.29, 0.717) is 0 Å². The Morgan fingerprint density at radius 3 is 2.88 bits per heavy atom. The van der Waals surface area contributed by atoms with Crippen molar-refractivity contribution in [3.63, 3.8) is 0 Å². The maximum absolute atomic E-state index is 4.27. The molecule has 5 heteroatoms. The molecule has 0 unspecified atom stereocenters. The first kappa shape index (κ1) is 11.3. The number of nitrogens with zero attached hydrogens (tertiary/aromatic N) is 2. The van der Waals surface area contributed by atoms with Gasteiger partial charge in [-0.05, 0) is 47.1 Å². The van der Waals surface area contributed by atoms with E-state index in [0.717, 1.165) is 20.2 Å². The van der Waals surface area contributed by atoms with E-state index in [1.807, 2.05) is 37.3 Å². The molecule has 0 aliphatic rings. The summed E-state index contributed by atoms with van der Waals surface area (Å²) in [6.45, 7) is 1.97. The highest BCUT2D eigenvalue weighted by Gasteiger charge is 2.00. The summed E-state index contributed by atoms with van der Waals surface area (Å²) in [6.07, 6.45) is 1.73. The van der Waals surface area contributed by atoms with Crippen LogP contribution in [0.5, 0.6) is 0 Å². The lowest BCUT2D eigenvalue weighted by molar-refractivity contribution is 1.22. The van der Waals surface area contributed by atoms with Crippen LogP contribution in [0.15, 0.2) is 45.4 Å². The van der Waals surface area contributed by atoms with Crippen molar-refractivity contribution < 1.29 is 0 Å². The minimum absolute atomic E-state index is 0.748. The van der Waals surface area contributed by atoms with Crippen molar-refractivity contribution >= 4 is 38.8 Å². The molecular weight excluding hydrogens is 286 g/mol. The van der Waals surface area contributed by atoms with E-state index in [-0.39, 0.29) is 0 Å². The van der Waals surface area contributed by atoms with Crippen molar-refractivity contribution in [2.24, 2.45) is 5.10 Å². The zero-order valence-corrected chi connectivity index (χ0v) is 11.0. The quantitative estimate of drug-likeness (QED) is 0.692. The van der Waals surface area contributed by atoms with Gasteiger partial charge < -0.3 is 0 Å². The number of pyridine rings is 1. The predicted molar refractivity (Wildman–Crippen MR) is 72.1 cm³/mol. The molecule has 2 heterocycles. The van der Waals surface area contributed by atoms with Crippen LogP contribution >= 0.6 is 27.3 Å². The number of rotatable bonds is 3. The maximum atomic E-state index is 4.27. The number of thiophene rings is 1. The van der Waals surface area contributed by atoms with E-state index >= 15 is 0 Å². The third-order valence-corrected chi connectivity index (χ3v) is 3.67. The standard InChI is InChI=1S/C11H10BrN3S/c1-8(9-5-6-10(12)16-9)14-15-11-4-2-3-7-13-11/h2-7H,1H3,(H,13,15)/b14-8-. The Morgan fingerprint density at radius 2 is 2.25 bits per heavy atom. The van der Waals surface area contributed by atoms with Crippen LogP contribution in [0.2, 0.25) is 0 Å². The first-order chi connectivity index (χ1) is 7.75. The van der Waals surface area contributed by atoms with Gasteiger partial charge in [0.05, 0.1) is 14.4 Å². The third kappa shape index (κ3) is 2.90. The fourth-order valence-electron chi connectivity index (χ4n) is 1.13. The normalized spacial score (nSPS) is 11.5. The molecular formula is C11H10BrN3S. The van der Waals surface area contributed by atoms with Crippen LogP contribution in [0.1, 0.15) is 11.8 Å². The molecule has 2 aromatic rings. The predicted octanol–water partition coefficient (Wildman–Crippen LogP) is 3.74. The molecule has 0 aliphatic carbocycles. The number of hydrogen-bond acceptors (Lipinski definition) is 4. The summed E-state index contributed by atoms with van der Waals surface area (Å²) in [5, 5.41) is 4.27. The zero-order valence-electron chi connectivity index (χ0n) is 8.64. The second-order valence-electron chi connectivity index (χ2n) is 3.13. The number of halogens is 1. The summed E-state index contributed by atoms with van der Waals surface area (Å²) >= 11 is 5.08. The molecule has 16 heavy (non-hydrogen) atoms. The SMILES string of the molecule is C/C(=N/Nc1ccccn1)c1ccc(Br)s1. The van der Waals surface area contributed by atoms with Crippen LogP contribution in [-0.2, 0) is 0 Å². The minimum Gasteiger partial charge on any atom is -0.261 e. The summed E-state index contributed by atoms with van der Waals surface area (Å²) in [7, 11) is 0. The number of nitrogens with one attached hydrogen (secondary N) is 1. The molecule has 2 aromatic heterocycles. The van der Waals surface area contributed by atoms with Crippen molar-refractivity contribution in [3.05, 3.63) is 45.2 Å². The maximum Gasteiger partial charge on any atom is 0.146 e. The van der Waals surface area contributed by atoms with Crippen molar-refractivity contribution in [2.45, 2.75) is 6.92 Å². The van der Waals surface area contributed by atoms with E-state index in [1.54, 1.807) is 17.5 Å². The molecule has 0 aliphatic heterocycles. The van der Waals surface area contributed by atoms with Gasteiger partial charge in [-0.15, -0.1) is 11.3 Å². The fraction of sp³-hybridized carbons (Fsp3) is 0.0909. The van der Waals surface area contributed by atoms with Crippen LogP contribution in [0.4, 0.5) is 5.82 Å². The van der Waals surface area contributed by atoms with Gasteiger partial charge in [0, 0.05) is 6.20 Å². The van der Waals surface area contributed by atoms with E-state index in [1.165, 1.54) is 0 Å². The van der Waals surface area contributed by atoms with Gasteiger partial charge in [0.15, 0.2) is 0 Å². The van der Waals surface area contributed by atoms with Crippen molar-refractivity contribution in [2.75, 3.05) is 5.43 Å². The summed E-state index contributed by atoms with van der Waals surface area (Å²) in [5.41, 5.74) is 3.87. The molecule has 2 rings (SSSR count). The molecule has 0 bridgehead atoms. The molecule has 82 valence electrons. The molecule has 0 spiro atoms. The summed E-state index contributed by atoms with van der Waals surface area (Å²) in [5.74, 6) is 0.748. The number of anilines is 1. The Kier molecular flexibility index (Phi) is 3.69. The van der Waals surface area contributed by atoms with E-state index < -0.39 is 0 Å². The average molecular weight is 296 g/mol. The average Bonchev–Trinajstić information content (AvgIpc) is 2.74. The lowest BCUT2D eigenvalue weighted by atomic mass is 10.3. The molecule has 3 nitrogen and oxygen atoms in total. The van der Waals surface area contributed by atoms with Gasteiger partial charge >= 0.3 is 0 Å². The number of hydrogen-bond donors (Lipinski definition) is 1. The Labute approximate surface area is 106 Å². The summed E-state index contributed by atoms with van der Waals surface area (Å²) in [4.78, 5) is 5.26. The molecule has 0 fully saturated rings. The van der Waals surface area contributed by atoms with Crippen molar-refractivity contribution in [1.82, 2.24) is 4.98 Å². The highest BCUT2D eigenvalue weighted by atomic mass is 79.9. The summed E-state index contributed by atoms with van der Waals surface area (Å²) < 4.78 is 1.11. The van der Waals surface area contributed by atoms with Gasteiger partial charge in [0.25, 0.3) is 0 Å². The van der Waals surface area contributed by atoms with Gasteiger partial charge in [-0.3, -0.25) is 5.43 Å². The monoisotopic (exact) mass is 295 g/mol. The van der Waals surface area contributed by atoms with E-state index in [9.17, 15) is 0 Å². The van der Waals surface area contributed by atoms with Crippen LogP contribution < -0.4 is 5.43 Å². The third-order valence-electron chi connectivity index (χ3n) is 1.93. The topological polar surface area (TPSA) is 37.3 Å². The molecule has 0 radical (unpaired) electrons. The summed E-state index contributed by atoms with van der Waals surface area (Å²) in [6, 6.07) is 9.72. The second kappa shape index (κ2) is 5.23. The van der Waals surface area contributed by atoms with Crippen LogP contribution in [0.3, 0.4) is 0 Å². The zero-order chi connectivity index (χ0) is 11.4. The number of aromatic nitrogens is 1. The van der Waals surface area contributed by atoms with Gasteiger partial charge in [-0.1, -0.05) is 6.07 Å². The van der Waals surface area contributed by atoms with Crippen LogP contribution in [0.25, 0.3) is 0 Å². The van der Waals surface area contributed by atoms with Crippen molar-refractivity contribution in [3.8, 4) is 0 Å². The first-order valence-electron chi connectivity index (χ1n) is 4.73. The number of hydrazone groups is 1. The Hall–Kier alpha value is -1.20. The van der Waals surface area contributed by atoms with Gasteiger partial charge in [-0.2, -0.15) is 5.10 Å². The lowest BCUT2D eigenvalue weighted by Gasteiger charge is -1.99. The van der Waals surface area contributed by atoms with Crippen LogP contribution in [0, 0.1) is 0 Å². The largest absolute Gasteiger partial charge is 0.261 e. The highest BCUT2D eigenvalue weighted by Crippen LogP contribution is 2.22. The van der Waals surface area contributed by atoms with Crippen LogP contribution in [-0.4, -0.2) is 10.7 Å². The lowest BCUT2D eigenvalue weighted by Crippen LogP contribution is -1.98. The van der Waals surface area contributed by atoms with Gasteiger partial charge in [-0.25, -0.2) is 4.98 Å². The highest BCUT2D eigenvalue weighted by molar-refractivity contribution is 9.11. The van der Waals surface area contributed by atoms with Crippen molar-refractivity contribution in [1.29, 1.82) is 0 Å². The smallest absolute Gasteiger partial charge is 0.146 e. The molecule has 0 amide bonds. The molecule has 1 N–H and O–H groups in total. The van der Waals surface area contributed by atoms with E-state index in [2.05, 4.69) is 31.4 Å². The Morgan fingerprint density at radius 1 is 1.38 bits per heavy atom. The molecule has 0 saturated carbocycles. The van der Waals surface area contributed by atoms with E-state index in [4.69, 9.17) is 0 Å². The molecule has 0 aromatic carbocycles. The molecule has 0 atom stereocenters.